The quantitative estimate of drug-likeness (QED) is 0.843. The van der Waals surface area contributed by atoms with Crippen LogP contribution in [0.1, 0.15) is 48.3 Å². The molecule has 1 aromatic carbocycles. The number of amides is 1. The number of carbonyl (C=O) groups is 1. The van der Waals surface area contributed by atoms with E-state index in [0.29, 0.717) is 25.6 Å². The normalized spacial score (nSPS) is 13.8. The Kier molecular flexibility index (Phi) is 4.93. The van der Waals surface area contributed by atoms with E-state index < -0.39 is 0 Å². The summed E-state index contributed by atoms with van der Waals surface area (Å²) in [6, 6.07) is 10.6. The molecule has 0 spiro atoms. The summed E-state index contributed by atoms with van der Waals surface area (Å²) >= 11 is 0. The van der Waals surface area contributed by atoms with Crippen LogP contribution in [0.15, 0.2) is 30.3 Å². The standard InChI is InChI=1S/C20H26N2O2/c1-4-24-19-9-5-16(6-10-19)12-20(23)21-13-17-11-14(2)22(15(17)3)18-7-8-18/h5-6,9-11,18H,4,7-8,12-13H2,1-3H3,(H,21,23). The number of hydrogen-bond acceptors (Lipinski definition) is 2. The summed E-state index contributed by atoms with van der Waals surface area (Å²) in [4.78, 5) is 12.2. The third kappa shape index (κ3) is 3.81. The smallest absolute Gasteiger partial charge is 0.224 e. The molecule has 0 radical (unpaired) electrons. The Hall–Kier alpha value is -2.23. The van der Waals surface area contributed by atoms with E-state index in [9.17, 15) is 4.79 Å². The van der Waals surface area contributed by atoms with E-state index >= 15 is 0 Å². The van der Waals surface area contributed by atoms with Crippen LogP contribution in [0.2, 0.25) is 0 Å². The molecule has 3 rings (SSSR count). The first-order valence-electron chi connectivity index (χ1n) is 8.74. The van der Waals surface area contributed by atoms with Crippen molar-refractivity contribution in [1.29, 1.82) is 0 Å². The number of hydrogen-bond donors (Lipinski definition) is 1. The SMILES string of the molecule is CCOc1ccc(CC(=O)NCc2cc(C)n(C3CC3)c2C)cc1. The van der Waals surface area contributed by atoms with E-state index in [2.05, 4.69) is 29.8 Å². The average molecular weight is 326 g/mol. The third-order valence-corrected chi connectivity index (χ3v) is 4.58. The highest BCUT2D eigenvalue weighted by Crippen LogP contribution is 2.38. The Morgan fingerprint density at radius 3 is 2.58 bits per heavy atom. The number of benzene rings is 1. The monoisotopic (exact) mass is 326 g/mol. The molecule has 4 heteroatoms. The van der Waals surface area contributed by atoms with Crippen molar-refractivity contribution in [2.75, 3.05) is 6.61 Å². The Morgan fingerprint density at radius 2 is 1.96 bits per heavy atom. The van der Waals surface area contributed by atoms with Crippen molar-refractivity contribution < 1.29 is 9.53 Å². The van der Waals surface area contributed by atoms with Gasteiger partial charge in [0.1, 0.15) is 5.75 Å². The summed E-state index contributed by atoms with van der Waals surface area (Å²) in [5.74, 6) is 0.893. The first-order chi connectivity index (χ1) is 11.6. The molecule has 0 bridgehead atoms. The maximum Gasteiger partial charge on any atom is 0.224 e. The van der Waals surface area contributed by atoms with E-state index in [1.54, 1.807) is 0 Å². The van der Waals surface area contributed by atoms with Gasteiger partial charge in [-0.25, -0.2) is 0 Å². The Labute approximate surface area is 143 Å². The van der Waals surface area contributed by atoms with E-state index in [-0.39, 0.29) is 5.91 Å². The van der Waals surface area contributed by atoms with Gasteiger partial charge < -0.3 is 14.6 Å². The minimum Gasteiger partial charge on any atom is -0.494 e. The molecule has 2 aromatic rings. The highest BCUT2D eigenvalue weighted by molar-refractivity contribution is 5.78. The number of carbonyl (C=O) groups excluding carboxylic acids is 1. The van der Waals surface area contributed by atoms with Gasteiger partial charge in [0.05, 0.1) is 13.0 Å². The van der Waals surface area contributed by atoms with Gasteiger partial charge in [0.25, 0.3) is 0 Å². The molecule has 1 saturated carbocycles. The molecule has 0 aliphatic heterocycles. The average Bonchev–Trinajstić information content (AvgIpc) is 3.34. The second-order valence-corrected chi connectivity index (χ2v) is 6.53. The summed E-state index contributed by atoms with van der Waals surface area (Å²) in [6.45, 7) is 7.51. The van der Waals surface area contributed by atoms with Crippen LogP contribution < -0.4 is 10.1 Å². The fraction of sp³-hybridized carbons (Fsp3) is 0.450. The van der Waals surface area contributed by atoms with Crippen LogP contribution in [0.3, 0.4) is 0 Å². The molecule has 1 aromatic heterocycles. The van der Waals surface area contributed by atoms with Crippen LogP contribution in [0.4, 0.5) is 0 Å². The lowest BCUT2D eigenvalue weighted by molar-refractivity contribution is -0.120. The predicted octanol–water partition coefficient (Wildman–Crippen LogP) is 3.70. The lowest BCUT2D eigenvalue weighted by atomic mass is 10.1. The van der Waals surface area contributed by atoms with E-state index in [0.717, 1.165) is 11.3 Å². The number of ether oxygens (including phenoxy) is 1. The Balaban J connectivity index is 1.55. The largest absolute Gasteiger partial charge is 0.494 e. The fourth-order valence-corrected chi connectivity index (χ4v) is 3.23. The lowest BCUT2D eigenvalue weighted by Gasteiger charge is -2.09. The molecule has 0 saturated heterocycles. The van der Waals surface area contributed by atoms with Crippen LogP contribution in [-0.4, -0.2) is 17.1 Å². The summed E-state index contributed by atoms with van der Waals surface area (Å²) < 4.78 is 7.83. The van der Waals surface area contributed by atoms with Crippen LogP contribution >= 0.6 is 0 Å². The maximum atomic E-state index is 12.2. The topological polar surface area (TPSA) is 43.3 Å². The van der Waals surface area contributed by atoms with Crippen LogP contribution in [0.5, 0.6) is 5.75 Å². The third-order valence-electron chi connectivity index (χ3n) is 4.58. The molecular weight excluding hydrogens is 300 g/mol. The summed E-state index contributed by atoms with van der Waals surface area (Å²) in [7, 11) is 0. The van der Waals surface area contributed by atoms with Crippen LogP contribution in [0, 0.1) is 13.8 Å². The molecule has 4 nitrogen and oxygen atoms in total. The zero-order chi connectivity index (χ0) is 17.1. The molecule has 128 valence electrons. The summed E-state index contributed by atoms with van der Waals surface area (Å²) in [5, 5.41) is 3.04. The molecule has 24 heavy (non-hydrogen) atoms. The molecule has 0 atom stereocenters. The van der Waals surface area contributed by atoms with Gasteiger partial charge in [-0.1, -0.05) is 12.1 Å². The molecule has 1 aliphatic rings. The molecule has 1 N–H and O–H groups in total. The highest BCUT2D eigenvalue weighted by atomic mass is 16.5. The van der Waals surface area contributed by atoms with Gasteiger partial charge in [-0.15, -0.1) is 0 Å². The Morgan fingerprint density at radius 1 is 1.25 bits per heavy atom. The first-order valence-corrected chi connectivity index (χ1v) is 8.74. The van der Waals surface area contributed by atoms with Crippen molar-refractivity contribution >= 4 is 5.91 Å². The number of aryl methyl sites for hydroxylation is 1. The second-order valence-electron chi connectivity index (χ2n) is 6.53. The highest BCUT2D eigenvalue weighted by Gasteiger charge is 2.26. The van der Waals surface area contributed by atoms with Crippen molar-refractivity contribution in [3.8, 4) is 5.75 Å². The van der Waals surface area contributed by atoms with Gasteiger partial charge in [0.2, 0.25) is 5.91 Å². The molecule has 1 amide bonds. The molecule has 1 heterocycles. The van der Waals surface area contributed by atoms with Gasteiger partial charge in [0, 0.05) is 24.0 Å². The molecule has 1 aliphatic carbocycles. The van der Waals surface area contributed by atoms with Gasteiger partial charge >= 0.3 is 0 Å². The van der Waals surface area contributed by atoms with Gasteiger partial charge in [-0.2, -0.15) is 0 Å². The van der Waals surface area contributed by atoms with E-state index in [1.165, 1.54) is 29.8 Å². The van der Waals surface area contributed by atoms with Crippen molar-refractivity contribution in [3.05, 3.63) is 52.8 Å². The van der Waals surface area contributed by atoms with E-state index in [4.69, 9.17) is 4.74 Å². The van der Waals surface area contributed by atoms with Gasteiger partial charge in [-0.05, 0) is 62.9 Å². The van der Waals surface area contributed by atoms with Crippen LogP contribution in [0.25, 0.3) is 0 Å². The number of nitrogens with one attached hydrogen (secondary N) is 1. The summed E-state index contributed by atoms with van der Waals surface area (Å²) in [6.07, 6.45) is 2.95. The second kappa shape index (κ2) is 7.12. The first kappa shape index (κ1) is 16.6. The lowest BCUT2D eigenvalue weighted by Crippen LogP contribution is -2.24. The van der Waals surface area contributed by atoms with Gasteiger partial charge in [0.15, 0.2) is 0 Å². The van der Waals surface area contributed by atoms with E-state index in [1.807, 2.05) is 31.2 Å². The van der Waals surface area contributed by atoms with Gasteiger partial charge in [-0.3, -0.25) is 4.79 Å². The van der Waals surface area contributed by atoms with Crippen molar-refractivity contribution in [2.24, 2.45) is 0 Å². The van der Waals surface area contributed by atoms with Crippen molar-refractivity contribution in [3.63, 3.8) is 0 Å². The molecule has 0 unspecified atom stereocenters. The molecular formula is C20H26N2O2. The van der Waals surface area contributed by atoms with Crippen molar-refractivity contribution in [1.82, 2.24) is 9.88 Å². The maximum absolute atomic E-state index is 12.2. The number of aromatic nitrogens is 1. The minimum atomic E-state index is 0.0513. The number of nitrogens with zero attached hydrogens (tertiary/aromatic N) is 1. The fourth-order valence-electron chi connectivity index (χ4n) is 3.23. The number of rotatable bonds is 7. The van der Waals surface area contributed by atoms with Crippen molar-refractivity contribution in [2.45, 2.75) is 52.6 Å². The Bertz CT molecular complexity index is 712. The zero-order valence-electron chi connectivity index (χ0n) is 14.8. The predicted molar refractivity (Wildman–Crippen MR) is 95.3 cm³/mol. The summed E-state index contributed by atoms with van der Waals surface area (Å²) in [5.41, 5.74) is 4.81. The van der Waals surface area contributed by atoms with Crippen LogP contribution in [-0.2, 0) is 17.8 Å². The zero-order valence-corrected chi connectivity index (χ0v) is 14.8. The minimum absolute atomic E-state index is 0.0513. The molecule has 1 fully saturated rings.